The zero-order valence-electron chi connectivity index (χ0n) is 14.8. The second-order valence-electron chi connectivity index (χ2n) is 5.89. The van der Waals surface area contributed by atoms with Crippen LogP contribution >= 0.6 is 0 Å². The van der Waals surface area contributed by atoms with Crippen LogP contribution < -0.4 is 10.6 Å². The molecule has 2 N–H and O–H groups in total. The fourth-order valence-corrected chi connectivity index (χ4v) is 2.10. The first-order valence-electron chi connectivity index (χ1n) is 8.13. The Morgan fingerprint density at radius 2 is 1.45 bits per heavy atom. The summed E-state index contributed by atoms with van der Waals surface area (Å²) in [6.45, 7) is 12.1. The van der Waals surface area contributed by atoms with Gasteiger partial charge in [0.05, 0.1) is 13.2 Å². The standard InChI is InChI=1S/C16H32N2O4/c1-7-21-15(19)14(6)18-12(4)9-8-10-22-16(20)13(5)17-11(2)3/h11-14,17-18H,7-10H2,1-6H3. The molecule has 3 atom stereocenters. The van der Waals surface area contributed by atoms with Gasteiger partial charge in [-0.25, -0.2) is 0 Å². The zero-order chi connectivity index (χ0) is 17.1. The SMILES string of the molecule is CCOC(=O)C(C)NC(C)CCCOC(=O)C(C)NC(C)C. The lowest BCUT2D eigenvalue weighted by atomic mass is 10.1. The minimum absolute atomic E-state index is 0.157. The molecule has 0 aromatic carbocycles. The summed E-state index contributed by atoms with van der Waals surface area (Å²) in [4.78, 5) is 23.2. The fraction of sp³-hybridized carbons (Fsp3) is 0.875. The summed E-state index contributed by atoms with van der Waals surface area (Å²) in [6, 6.07) is -0.215. The van der Waals surface area contributed by atoms with Gasteiger partial charge in [0.15, 0.2) is 0 Å². The van der Waals surface area contributed by atoms with E-state index in [4.69, 9.17) is 9.47 Å². The van der Waals surface area contributed by atoms with E-state index in [2.05, 4.69) is 10.6 Å². The second-order valence-corrected chi connectivity index (χ2v) is 5.89. The van der Waals surface area contributed by atoms with Crippen LogP contribution in [0.5, 0.6) is 0 Å². The Morgan fingerprint density at radius 3 is 2.00 bits per heavy atom. The molecule has 0 heterocycles. The zero-order valence-corrected chi connectivity index (χ0v) is 14.8. The summed E-state index contributed by atoms with van der Waals surface area (Å²) in [5.74, 6) is -0.469. The lowest BCUT2D eigenvalue weighted by Crippen LogP contribution is -2.41. The molecule has 0 saturated carbocycles. The number of esters is 2. The van der Waals surface area contributed by atoms with Crippen LogP contribution in [0, 0.1) is 0 Å². The van der Waals surface area contributed by atoms with Crippen molar-refractivity contribution in [2.45, 2.75) is 78.6 Å². The molecule has 6 heteroatoms. The van der Waals surface area contributed by atoms with Crippen molar-refractivity contribution >= 4 is 11.9 Å². The van der Waals surface area contributed by atoms with Gasteiger partial charge in [-0.3, -0.25) is 9.59 Å². The smallest absolute Gasteiger partial charge is 0.322 e. The van der Waals surface area contributed by atoms with Crippen molar-refractivity contribution in [1.29, 1.82) is 0 Å². The molecule has 22 heavy (non-hydrogen) atoms. The molecule has 0 aromatic rings. The molecule has 0 aliphatic heterocycles. The van der Waals surface area contributed by atoms with E-state index in [1.165, 1.54) is 0 Å². The molecule has 130 valence electrons. The Morgan fingerprint density at radius 1 is 0.909 bits per heavy atom. The van der Waals surface area contributed by atoms with Gasteiger partial charge < -0.3 is 20.1 Å². The van der Waals surface area contributed by atoms with Gasteiger partial charge in [-0.15, -0.1) is 0 Å². The summed E-state index contributed by atoms with van der Waals surface area (Å²) in [6.07, 6.45) is 1.58. The van der Waals surface area contributed by atoms with Crippen molar-refractivity contribution in [3.05, 3.63) is 0 Å². The molecule has 0 aliphatic rings. The maximum absolute atomic E-state index is 11.7. The van der Waals surface area contributed by atoms with Crippen LogP contribution in [0.1, 0.15) is 54.4 Å². The maximum atomic E-state index is 11.7. The first-order valence-corrected chi connectivity index (χ1v) is 8.13. The van der Waals surface area contributed by atoms with Crippen LogP contribution in [0.3, 0.4) is 0 Å². The molecular weight excluding hydrogens is 284 g/mol. The highest BCUT2D eigenvalue weighted by Gasteiger charge is 2.17. The topological polar surface area (TPSA) is 76.7 Å². The van der Waals surface area contributed by atoms with Gasteiger partial charge in [0, 0.05) is 12.1 Å². The van der Waals surface area contributed by atoms with Gasteiger partial charge in [0.2, 0.25) is 0 Å². The third kappa shape index (κ3) is 9.73. The Balaban J connectivity index is 3.82. The number of nitrogens with one attached hydrogen (secondary N) is 2. The molecule has 0 bridgehead atoms. The molecule has 0 spiro atoms. The van der Waals surface area contributed by atoms with Crippen LogP contribution in [-0.2, 0) is 19.1 Å². The molecule has 0 fully saturated rings. The molecule has 0 saturated heterocycles. The van der Waals surface area contributed by atoms with Crippen LogP contribution in [0.4, 0.5) is 0 Å². The molecule has 0 aliphatic carbocycles. The highest BCUT2D eigenvalue weighted by molar-refractivity contribution is 5.75. The predicted octanol–water partition coefficient (Wildman–Crippen LogP) is 1.63. The van der Waals surface area contributed by atoms with E-state index in [-0.39, 0.29) is 36.1 Å². The maximum Gasteiger partial charge on any atom is 0.322 e. The first-order chi connectivity index (χ1) is 10.3. The second kappa shape index (κ2) is 11.4. The fourth-order valence-electron chi connectivity index (χ4n) is 2.10. The Kier molecular flexibility index (Phi) is 10.8. The average molecular weight is 316 g/mol. The van der Waals surface area contributed by atoms with Crippen LogP contribution in [0.25, 0.3) is 0 Å². The van der Waals surface area contributed by atoms with Crippen molar-refractivity contribution < 1.29 is 19.1 Å². The monoisotopic (exact) mass is 316 g/mol. The molecule has 0 aromatic heterocycles. The van der Waals surface area contributed by atoms with Crippen molar-refractivity contribution in [2.75, 3.05) is 13.2 Å². The van der Waals surface area contributed by atoms with E-state index in [9.17, 15) is 9.59 Å². The van der Waals surface area contributed by atoms with E-state index >= 15 is 0 Å². The Labute approximate surface area is 134 Å². The number of rotatable bonds is 11. The van der Waals surface area contributed by atoms with E-state index in [1.807, 2.05) is 20.8 Å². The van der Waals surface area contributed by atoms with Gasteiger partial charge in [0.1, 0.15) is 12.1 Å². The van der Waals surface area contributed by atoms with E-state index in [0.29, 0.717) is 13.2 Å². The van der Waals surface area contributed by atoms with E-state index in [1.54, 1.807) is 20.8 Å². The Bertz CT molecular complexity index is 334. The van der Waals surface area contributed by atoms with E-state index in [0.717, 1.165) is 12.8 Å². The molecule has 0 amide bonds. The molecule has 3 unspecified atom stereocenters. The van der Waals surface area contributed by atoms with Crippen molar-refractivity contribution in [2.24, 2.45) is 0 Å². The van der Waals surface area contributed by atoms with Gasteiger partial charge in [0.25, 0.3) is 0 Å². The first kappa shape index (κ1) is 20.9. The normalized spacial score (nSPS) is 15.2. The van der Waals surface area contributed by atoms with Crippen LogP contribution in [0.2, 0.25) is 0 Å². The van der Waals surface area contributed by atoms with E-state index < -0.39 is 0 Å². The van der Waals surface area contributed by atoms with Crippen LogP contribution in [0.15, 0.2) is 0 Å². The number of hydrogen-bond acceptors (Lipinski definition) is 6. The summed E-state index contributed by atoms with van der Waals surface area (Å²) in [5.41, 5.74) is 0. The lowest BCUT2D eigenvalue weighted by Gasteiger charge is -2.19. The third-order valence-corrected chi connectivity index (χ3v) is 3.14. The van der Waals surface area contributed by atoms with Gasteiger partial charge in [-0.1, -0.05) is 13.8 Å². The molecule has 6 nitrogen and oxygen atoms in total. The summed E-state index contributed by atoms with van der Waals surface area (Å²) < 4.78 is 10.2. The largest absolute Gasteiger partial charge is 0.465 e. The minimum atomic E-state index is -0.326. The van der Waals surface area contributed by atoms with Crippen molar-refractivity contribution in [1.82, 2.24) is 10.6 Å². The highest BCUT2D eigenvalue weighted by atomic mass is 16.5. The number of carbonyl (C=O) groups excluding carboxylic acids is 2. The van der Waals surface area contributed by atoms with Crippen LogP contribution in [-0.4, -0.2) is 49.3 Å². The summed E-state index contributed by atoms with van der Waals surface area (Å²) in [5, 5.41) is 6.28. The summed E-state index contributed by atoms with van der Waals surface area (Å²) >= 11 is 0. The summed E-state index contributed by atoms with van der Waals surface area (Å²) in [7, 11) is 0. The van der Waals surface area contributed by atoms with Gasteiger partial charge in [-0.05, 0) is 40.5 Å². The minimum Gasteiger partial charge on any atom is -0.465 e. The number of ether oxygens (including phenoxy) is 2. The number of carbonyl (C=O) groups is 2. The highest BCUT2D eigenvalue weighted by Crippen LogP contribution is 2.01. The molecule has 0 radical (unpaired) electrons. The Hall–Kier alpha value is -1.14. The van der Waals surface area contributed by atoms with Crippen molar-refractivity contribution in [3.63, 3.8) is 0 Å². The average Bonchev–Trinajstić information content (AvgIpc) is 2.42. The molecular formula is C16H32N2O4. The van der Waals surface area contributed by atoms with Crippen molar-refractivity contribution in [3.8, 4) is 0 Å². The quantitative estimate of drug-likeness (QED) is 0.446. The third-order valence-electron chi connectivity index (χ3n) is 3.14. The predicted molar refractivity (Wildman–Crippen MR) is 86.6 cm³/mol. The molecule has 0 rings (SSSR count). The van der Waals surface area contributed by atoms with Gasteiger partial charge in [-0.2, -0.15) is 0 Å². The lowest BCUT2D eigenvalue weighted by molar-refractivity contribution is -0.146. The number of hydrogen-bond donors (Lipinski definition) is 2. The van der Waals surface area contributed by atoms with Gasteiger partial charge >= 0.3 is 11.9 Å².